The SMILES string of the molecule is CCOC(=O)c1c[nH]c(C/C=C2\C(=O)Nc3cc(-c4ccccc4OC)ccc32)c1CCC(=O)O. The second-order valence-corrected chi connectivity index (χ2v) is 8.01. The molecule has 0 atom stereocenters. The molecule has 0 saturated carbocycles. The van der Waals surface area contributed by atoms with E-state index in [1.807, 2.05) is 42.5 Å². The number of fused-ring (bicyclic) bond motifs is 1. The molecule has 8 heteroatoms. The van der Waals surface area contributed by atoms with Crippen LogP contribution < -0.4 is 10.1 Å². The minimum Gasteiger partial charge on any atom is -0.496 e. The van der Waals surface area contributed by atoms with Crippen LogP contribution in [0.1, 0.15) is 40.5 Å². The van der Waals surface area contributed by atoms with Gasteiger partial charge in [0.25, 0.3) is 5.91 Å². The van der Waals surface area contributed by atoms with Crippen LogP contribution in [-0.4, -0.2) is 41.7 Å². The van der Waals surface area contributed by atoms with E-state index in [2.05, 4.69) is 10.3 Å². The van der Waals surface area contributed by atoms with E-state index in [0.717, 1.165) is 22.4 Å². The normalized spacial score (nSPS) is 13.4. The lowest BCUT2D eigenvalue weighted by Gasteiger charge is -2.09. The van der Waals surface area contributed by atoms with E-state index in [4.69, 9.17) is 14.6 Å². The van der Waals surface area contributed by atoms with Crippen molar-refractivity contribution in [2.45, 2.75) is 26.2 Å². The van der Waals surface area contributed by atoms with Gasteiger partial charge in [0.15, 0.2) is 0 Å². The van der Waals surface area contributed by atoms with E-state index < -0.39 is 11.9 Å². The highest BCUT2D eigenvalue weighted by Crippen LogP contribution is 2.38. The summed E-state index contributed by atoms with van der Waals surface area (Å²) in [6.07, 6.45) is 3.70. The van der Waals surface area contributed by atoms with Gasteiger partial charge in [-0.05, 0) is 36.6 Å². The first-order valence-corrected chi connectivity index (χ1v) is 11.3. The van der Waals surface area contributed by atoms with Crippen molar-refractivity contribution >= 4 is 29.1 Å². The number of aliphatic carboxylic acids is 1. The number of amides is 1. The molecule has 35 heavy (non-hydrogen) atoms. The van der Waals surface area contributed by atoms with Gasteiger partial charge in [0.2, 0.25) is 0 Å². The third kappa shape index (κ3) is 4.96. The highest BCUT2D eigenvalue weighted by molar-refractivity contribution is 6.31. The van der Waals surface area contributed by atoms with Crippen molar-refractivity contribution in [2.75, 3.05) is 19.0 Å². The van der Waals surface area contributed by atoms with E-state index in [1.54, 1.807) is 20.1 Å². The molecule has 4 rings (SSSR count). The summed E-state index contributed by atoms with van der Waals surface area (Å²) in [5.74, 6) is -0.942. The molecule has 0 bridgehead atoms. The molecular weight excluding hydrogens is 448 g/mol. The average Bonchev–Trinajstić information content (AvgIpc) is 3.40. The predicted molar refractivity (Wildman–Crippen MR) is 131 cm³/mol. The molecule has 0 saturated heterocycles. The predicted octanol–water partition coefficient (Wildman–Crippen LogP) is 4.46. The number of hydrogen-bond donors (Lipinski definition) is 3. The summed E-state index contributed by atoms with van der Waals surface area (Å²) in [4.78, 5) is 39.3. The Bertz CT molecular complexity index is 1320. The fourth-order valence-corrected chi connectivity index (χ4v) is 4.24. The van der Waals surface area contributed by atoms with Crippen molar-refractivity contribution < 1.29 is 29.0 Å². The summed E-state index contributed by atoms with van der Waals surface area (Å²) in [6.45, 7) is 1.93. The Morgan fingerprint density at radius 3 is 2.66 bits per heavy atom. The van der Waals surface area contributed by atoms with Gasteiger partial charge in [-0.2, -0.15) is 0 Å². The lowest BCUT2D eigenvalue weighted by Crippen LogP contribution is -2.09. The largest absolute Gasteiger partial charge is 0.496 e. The number of nitrogens with one attached hydrogen (secondary N) is 2. The van der Waals surface area contributed by atoms with Gasteiger partial charge in [0.1, 0.15) is 5.75 Å². The van der Waals surface area contributed by atoms with E-state index in [0.29, 0.717) is 34.5 Å². The van der Waals surface area contributed by atoms with Crippen LogP contribution in [0.15, 0.2) is 54.7 Å². The molecule has 0 aliphatic carbocycles. The third-order valence-electron chi connectivity index (χ3n) is 5.90. The molecule has 1 amide bonds. The Morgan fingerprint density at radius 2 is 1.91 bits per heavy atom. The molecule has 2 aromatic carbocycles. The van der Waals surface area contributed by atoms with Gasteiger partial charge < -0.3 is 24.9 Å². The molecule has 0 fully saturated rings. The highest BCUT2D eigenvalue weighted by atomic mass is 16.5. The molecule has 8 nitrogen and oxygen atoms in total. The molecule has 180 valence electrons. The molecule has 1 aliphatic rings. The minimum atomic E-state index is -0.958. The number of esters is 1. The molecule has 2 heterocycles. The number of aromatic nitrogens is 1. The van der Waals surface area contributed by atoms with Gasteiger partial charge in [0, 0.05) is 47.1 Å². The summed E-state index contributed by atoms with van der Waals surface area (Å²) in [6, 6.07) is 13.4. The Hall–Kier alpha value is -4.33. The minimum absolute atomic E-state index is 0.122. The molecule has 3 N–H and O–H groups in total. The number of benzene rings is 2. The van der Waals surface area contributed by atoms with Crippen LogP contribution in [0.5, 0.6) is 5.75 Å². The van der Waals surface area contributed by atoms with Gasteiger partial charge in [-0.15, -0.1) is 0 Å². The number of ether oxygens (including phenoxy) is 2. The number of aromatic amines is 1. The zero-order chi connectivity index (χ0) is 24.9. The Balaban J connectivity index is 1.63. The van der Waals surface area contributed by atoms with Crippen LogP contribution in [0.25, 0.3) is 16.7 Å². The van der Waals surface area contributed by atoms with Crippen LogP contribution in [-0.2, 0) is 27.2 Å². The second-order valence-electron chi connectivity index (χ2n) is 8.01. The summed E-state index contributed by atoms with van der Waals surface area (Å²) in [7, 11) is 1.62. The van der Waals surface area contributed by atoms with Gasteiger partial charge in [-0.1, -0.05) is 36.4 Å². The fourth-order valence-electron chi connectivity index (χ4n) is 4.24. The standard InChI is InChI=1S/C27H26N2O6/c1-3-35-27(33)21-15-28-22(19(21)11-13-25(30)31)12-10-20-18-9-8-16(14-23(18)29-26(20)32)17-6-4-5-7-24(17)34-2/h4-10,14-15,28H,3,11-13H2,1-2H3,(H,29,32)(H,30,31)/b20-10-. The van der Waals surface area contributed by atoms with Crippen LogP contribution in [0, 0.1) is 0 Å². The van der Waals surface area contributed by atoms with Crippen molar-refractivity contribution in [1.82, 2.24) is 4.98 Å². The zero-order valence-electron chi connectivity index (χ0n) is 19.5. The summed E-state index contributed by atoms with van der Waals surface area (Å²) in [5, 5.41) is 12.0. The number of allylic oxidation sites excluding steroid dienone is 1. The summed E-state index contributed by atoms with van der Waals surface area (Å²) >= 11 is 0. The van der Waals surface area contributed by atoms with Crippen molar-refractivity contribution in [3.05, 3.63) is 77.1 Å². The van der Waals surface area contributed by atoms with E-state index in [-0.39, 0.29) is 25.4 Å². The molecule has 0 unspecified atom stereocenters. The van der Waals surface area contributed by atoms with Crippen molar-refractivity contribution in [1.29, 1.82) is 0 Å². The molecule has 1 aliphatic heterocycles. The molecular formula is C27H26N2O6. The summed E-state index contributed by atoms with van der Waals surface area (Å²) in [5.41, 5.74) is 5.42. The number of carbonyl (C=O) groups is 3. The number of carbonyl (C=O) groups excluding carboxylic acids is 2. The number of hydrogen-bond acceptors (Lipinski definition) is 5. The Labute approximate surface area is 202 Å². The van der Waals surface area contributed by atoms with E-state index in [9.17, 15) is 14.4 Å². The van der Waals surface area contributed by atoms with Crippen LogP contribution >= 0.6 is 0 Å². The van der Waals surface area contributed by atoms with E-state index >= 15 is 0 Å². The Morgan fingerprint density at radius 1 is 1.11 bits per heavy atom. The van der Waals surface area contributed by atoms with Gasteiger partial charge in [-0.25, -0.2) is 4.79 Å². The van der Waals surface area contributed by atoms with Crippen molar-refractivity contribution in [3.8, 4) is 16.9 Å². The van der Waals surface area contributed by atoms with Crippen LogP contribution in [0.2, 0.25) is 0 Å². The number of para-hydroxylation sites is 1. The molecule has 0 spiro atoms. The number of rotatable bonds is 9. The van der Waals surface area contributed by atoms with Crippen molar-refractivity contribution in [2.24, 2.45) is 0 Å². The van der Waals surface area contributed by atoms with Crippen molar-refractivity contribution in [3.63, 3.8) is 0 Å². The highest BCUT2D eigenvalue weighted by Gasteiger charge is 2.25. The molecule has 1 aromatic heterocycles. The first-order chi connectivity index (χ1) is 16.9. The summed E-state index contributed by atoms with van der Waals surface area (Å²) < 4.78 is 10.6. The number of H-pyrrole nitrogens is 1. The smallest absolute Gasteiger partial charge is 0.339 e. The number of carboxylic acid groups (broad SMARTS) is 1. The van der Waals surface area contributed by atoms with E-state index in [1.165, 1.54) is 6.20 Å². The molecule has 0 radical (unpaired) electrons. The first kappa shape index (κ1) is 23.8. The van der Waals surface area contributed by atoms with Gasteiger partial charge in [0.05, 0.1) is 19.3 Å². The second kappa shape index (κ2) is 10.3. The first-order valence-electron chi connectivity index (χ1n) is 11.3. The zero-order valence-corrected chi connectivity index (χ0v) is 19.5. The maximum absolute atomic E-state index is 12.8. The van der Waals surface area contributed by atoms with Crippen LogP contribution in [0.4, 0.5) is 5.69 Å². The number of carboxylic acids is 1. The van der Waals surface area contributed by atoms with Gasteiger partial charge >= 0.3 is 11.9 Å². The third-order valence-corrected chi connectivity index (χ3v) is 5.90. The maximum Gasteiger partial charge on any atom is 0.339 e. The lowest BCUT2D eigenvalue weighted by atomic mass is 9.98. The van der Waals surface area contributed by atoms with Crippen LogP contribution in [0.3, 0.4) is 0 Å². The fraction of sp³-hybridized carbons (Fsp3) is 0.222. The quantitative estimate of drug-likeness (QED) is 0.311. The topological polar surface area (TPSA) is 118 Å². The average molecular weight is 475 g/mol. The number of anilines is 1. The van der Waals surface area contributed by atoms with Gasteiger partial charge in [-0.3, -0.25) is 9.59 Å². The number of methoxy groups -OCH3 is 1. The Kier molecular flexibility index (Phi) is 7.01. The lowest BCUT2D eigenvalue weighted by molar-refractivity contribution is -0.137. The maximum atomic E-state index is 12.8. The monoisotopic (exact) mass is 474 g/mol. The molecule has 3 aromatic rings.